The fourth-order valence-electron chi connectivity index (χ4n) is 4.71. The Bertz CT molecular complexity index is 1490. The number of halogens is 2. The molecule has 1 aliphatic rings. The predicted molar refractivity (Wildman–Crippen MR) is 150 cm³/mol. The molecular formula is C28H31F2N5O2S. The second kappa shape index (κ2) is 11.6. The zero-order valence-corrected chi connectivity index (χ0v) is 22.3. The Labute approximate surface area is 224 Å². The summed E-state index contributed by atoms with van der Waals surface area (Å²) in [6.07, 6.45) is 2.84. The molecule has 0 atom stereocenters. The van der Waals surface area contributed by atoms with Gasteiger partial charge in [-0.2, -0.15) is 0 Å². The van der Waals surface area contributed by atoms with Crippen LogP contribution in [-0.4, -0.2) is 46.4 Å². The van der Waals surface area contributed by atoms with Gasteiger partial charge in [0.05, 0.1) is 10.9 Å². The minimum atomic E-state index is -0.792. The second-order valence-corrected chi connectivity index (χ2v) is 10.4. The van der Waals surface area contributed by atoms with E-state index in [1.807, 2.05) is 25.1 Å². The van der Waals surface area contributed by atoms with E-state index < -0.39 is 11.6 Å². The number of H-pyrrole nitrogens is 1. The zero-order valence-electron chi connectivity index (χ0n) is 21.4. The maximum Gasteiger partial charge on any atom is 0.259 e. The Morgan fingerprint density at radius 2 is 1.89 bits per heavy atom. The lowest BCUT2D eigenvalue weighted by atomic mass is 10.0. The molecule has 200 valence electrons. The van der Waals surface area contributed by atoms with E-state index >= 15 is 0 Å². The molecule has 38 heavy (non-hydrogen) atoms. The molecule has 3 heterocycles. The predicted octanol–water partition coefficient (Wildman–Crippen LogP) is 5.48. The van der Waals surface area contributed by atoms with Gasteiger partial charge in [-0.3, -0.25) is 9.69 Å². The fourth-order valence-corrected chi connectivity index (χ4v) is 5.15. The first kappa shape index (κ1) is 26.3. The minimum absolute atomic E-state index is 0.0840. The van der Waals surface area contributed by atoms with Gasteiger partial charge in [-0.05, 0) is 55.9 Å². The number of nitrogens with zero attached hydrogens (tertiary/aromatic N) is 2. The number of nitrogens with one attached hydrogen (secondary N) is 3. The van der Waals surface area contributed by atoms with Crippen LogP contribution >= 0.6 is 11.9 Å². The van der Waals surface area contributed by atoms with E-state index in [0.717, 1.165) is 67.4 Å². The van der Waals surface area contributed by atoms with E-state index in [2.05, 4.69) is 19.9 Å². The number of anilines is 1. The minimum Gasteiger partial charge on any atom is -0.454 e. The summed E-state index contributed by atoms with van der Waals surface area (Å²) in [6, 6.07) is 10.7. The molecule has 2 aromatic heterocycles. The fraction of sp³-hybridized carbons (Fsp3) is 0.321. The topological polar surface area (TPSA) is 74.3 Å². The molecule has 0 unspecified atom stereocenters. The van der Waals surface area contributed by atoms with Crippen molar-refractivity contribution in [1.82, 2.24) is 19.8 Å². The Morgan fingerprint density at radius 3 is 2.71 bits per heavy atom. The summed E-state index contributed by atoms with van der Waals surface area (Å²) in [5, 5.41) is 3.99. The lowest BCUT2D eigenvalue weighted by Crippen LogP contribution is -2.27. The standard InChI is InChI=1S/C28H31F2N5O2S/c1-3-38-33-19-6-8-25(37-26-7-5-18(29)13-24(26)30)21(14-19)23-17-34(2)28(36)22-15-20(32-27(22)23)16-35-11-4-9-31-10-12-35/h5-8,13-15,17,31-33H,3-4,9-12,16H2,1-2H3. The number of benzene rings is 2. The second-order valence-electron chi connectivity index (χ2n) is 9.34. The van der Waals surface area contributed by atoms with Gasteiger partial charge in [-0.15, -0.1) is 0 Å². The molecule has 0 aliphatic carbocycles. The first-order valence-corrected chi connectivity index (χ1v) is 13.7. The molecule has 4 aromatic rings. The van der Waals surface area contributed by atoms with E-state index in [9.17, 15) is 13.6 Å². The first-order valence-electron chi connectivity index (χ1n) is 12.7. The van der Waals surface area contributed by atoms with Crippen LogP contribution in [0.4, 0.5) is 14.5 Å². The lowest BCUT2D eigenvalue weighted by molar-refractivity contribution is 0.282. The maximum absolute atomic E-state index is 14.5. The monoisotopic (exact) mass is 539 g/mol. The Kier molecular flexibility index (Phi) is 8.01. The summed E-state index contributed by atoms with van der Waals surface area (Å²) in [5.74, 6) is -0.300. The van der Waals surface area contributed by atoms with Crippen LogP contribution in [0.5, 0.6) is 11.5 Å². The van der Waals surface area contributed by atoms with Crippen molar-refractivity contribution in [2.45, 2.75) is 19.9 Å². The van der Waals surface area contributed by atoms with Crippen LogP contribution in [0.15, 0.2) is 53.5 Å². The van der Waals surface area contributed by atoms with Gasteiger partial charge in [0.25, 0.3) is 5.56 Å². The molecule has 1 aliphatic heterocycles. The number of aromatic nitrogens is 2. The van der Waals surface area contributed by atoms with Gasteiger partial charge in [0.15, 0.2) is 11.6 Å². The normalized spacial score (nSPS) is 14.5. The molecule has 0 saturated carbocycles. The van der Waals surface area contributed by atoms with Gasteiger partial charge in [-0.25, -0.2) is 8.78 Å². The highest BCUT2D eigenvalue weighted by atomic mass is 32.2. The van der Waals surface area contributed by atoms with E-state index in [1.54, 1.807) is 35.8 Å². The molecule has 1 saturated heterocycles. The highest BCUT2D eigenvalue weighted by Gasteiger charge is 2.19. The summed E-state index contributed by atoms with van der Waals surface area (Å²) in [6.45, 7) is 6.61. The number of ether oxygens (including phenoxy) is 1. The number of rotatable bonds is 8. The Hall–Kier alpha value is -3.34. The third kappa shape index (κ3) is 5.72. The van der Waals surface area contributed by atoms with Crippen LogP contribution in [0.1, 0.15) is 19.0 Å². The van der Waals surface area contributed by atoms with E-state index in [-0.39, 0.29) is 11.3 Å². The average Bonchev–Trinajstić information content (AvgIpc) is 3.15. The summed E-state index contributed by atoms with van der Waals surface area (Å²) in [7, 11) is 1.72. The van der Waals surface area contributed by atoms with E-state index in [0.29, 0.717) is 28.8 Å². The van der Waals surface area contributed by atoms with Gasteiger partial charge in [0.1, 0.15) is 11.6 Å². The van der Waals surface area contributed by atoms with Crippen molar-refractivity contribution in [3.63, 3.8) is 0 Å². The van der Waals surface area contributed by atoms with Crippen molar-refractivity contribution in [3.05, 3.63) is 76.3 Å². The van der Waals surface area contributed by atoms with Crippen molar-refractivity contribution in [2.24, 2.45) is 7.05 Å². The lowest BCUT2D eigenvalue weighted by Gasteiger charge is -2.18. The van der Waals surface area contributed by atoms with Crippen molar-refractivity contribution in [1.29, 1.82) is 0 Å². The van der Waals surface area contributed by atoms with Crippen molar-refractivity contribution in [2.75, 3.05) is 36.7 Å². The number of pyridine rings is 1. The molecule has 7 nitrogen and oxygen atoms in total. The SMILES string of the molecule is CCSNc1ccc(Oc2ccc(F)cc2F)c(-c2cn(C)c(=O)c3cc(CN4CCCNCC4)[nH]c23)c1. The van der Waals surface area contributed by atoms with Crippen molar-refractivity contribution in [3.8, 4) is 22.6 Å². The number of hydrogen-bond donors (Lipinski definition) is 3. The van der Waals surface area contributed by atoms with Gasteiger partial charge < -0.3 is 24.3 Å². The van der Waals surface area contributed by atoms with Crippen molar-refractivity contribution >= 4 is 28.5 Å². The third-order valence-corrected chi connectivity index (χ3v) is 7.23. The number of fused-ring (bicyclic) bond motifs is 1. The molecule has 0 amide bonds. The van der Waals surface area contributed by atoms with Crippen molar-refractivity contribution < 1.29 is 13.5 Å². The zero-order chi connectivity index (χ0) is 26.6. The largest absolute Gasteiger partial charge is 0.454 e. The molecule has 0 spiro atoms. The molecule has 0 radical (unpaired) electrons. The van der Waals surface area contributed by atoms with Crippen LogP contribution in [0.2, 0.25) is 0 Å². The van der Waals surface area contributed by atoms with Crippen LogP contribution < -0.4 is 20.3 Å². The highest BCUT2D eigenvalue weighted by Crippen LogP contribution is 2.39. The van der Waals surface area contributed by atoms with Crippen LogP contribution in [0.3, 0.4) is 0 Å². The first-order chi connectivity index (χ1) is 18.4. The maximum atomic E-state index is 14.5. The molecule has 5 rings (SSSR count). The molecule has 2 aromatic carbocycles. The summed E-state index contributed by atoms with van der Waals surface area (Å²) in [5.41, 5.74) is 3.79. The number of hydrogen-bond acceptors (Lipinski definition) is 6. The quantitative estimate of drug-likeness (QED) is 0.258. The average molecular weight is 540 g/mol. The van der Waals surface area contributed by atoms with Gasteiger partial charge in [-0.1, -0.05) is 18.9 Å². The molecule has 0 bridgehead atoms. The summed E-state index contributed by atoms with van der Waals surface area (Å²) in [4.78, 5) is 19.0. The van der Waals surface area contributed by atoms with Crippen LogP contribution in [0.25, 0.3) is 22.0 Å². The van der Waals surface area contributed by atoms with E-state index in [1.165, 1.54) is 6.07 Å². The number of aryl methyl sites for hydroxylation is 1. The molecular weight excluding hydrogens is 508 g/mol. The van der Waals surface area contributed by atoms with Crippen LogP contribution in [0, 0.1) is 11.6 Å². The smallest absolute Gasteiger partial charge is 0.259 e. The van der Waals surface area contributed by atoms with Gasteiger partial charge >= 0.3 is 0 Å². The highest BCUT2D eigenvalue weighted by molar-refractivity contribution is 8.00. The molecule has 3 N–H and O–H groups in total. The third-order valence-electron chi connectivity index (χ3n) is 6.56. The van der Waals surface area contributed by atoms with E-state index in [4.69, 9.17) is 4.74 Å². The van der Waals surface area contributed by atoms with Gasteiger partial charge in [0.2, 0.25) is 0 Å². The van der Waals surface area contributed by atoms with Crippen LogP contribution in [-0.2, 0) is 13.6 Å². The molecule has 10 heteroatoms. The van der Waals surface area contributed by atoms with Gasteiger partial charge in [0, 0.05) is 67.2 Å². The number of aromatic amines is 1. The Balaban J connectivity index is 1.61. The molecule has 1 fully saturated rings. The Morgan fingerprint density at radius 1 is 1.05 bits per heavy atom. The summed E-state index contributed by atoms with van der Waals surface area (Å²) < 4.78 is 38.8. The summed E-state index contributed by atoms with van der Waals surface area (Å²) >= 11 is 1.55.